The maximum atomic E-state index is 12.7. The maximum absolute atomic E-state index is 12.7. The fraction of sp³-hybridized carbons (Fsp3) is 0.273. The molecule has 11 heteroatoms. The molecule has 2 aromatic rings. The van der Waals surface area contributed by atoms with Crippen LogP contribution in [0.15, 0.2) is 48.5 Å². The average Bonchev–Trinajstić information content (AvgIpc) is 3.25. The Morgan fingerprint density at radius 3 is 2.27 bits per heavy atom. The number of benzene rings is 2. The van der Waals surface area contributed by atoms with Crippen molar-refractivity contribution in [1.82, 2.24) is 10.6 Å². The number of carboxylic acids is 1. The summed E-state index contributed by atoms with van der Waals surface area (Å²) in [5.74, 6) is -5.00. The van der Waals surface area contributed by atoms with Crippen LogP contribution in [0.5, 0.6) is 5.75 Å². The molecule has 4 unspecified atom stereocenters. The molecule has 2 aliphatic rings. The van der Waals surface area contributed by atoms with E-state index < -0.39 is 52.1 Å². The minimum Gasteiger partial charge on any atom is -0.480 e. The molecule has 33 heavy (non-hydrogen) atoms. The zero-order valence-corrected chi connectivity index (χ0v) is 17.3. The van der Waals surface area contributed by atoms with Crippen molar-refractivity contribution in [3.05, 3.63) is 69.8 Å². The van der Waals surface area contributed by atoms with E-state index >= 15 is 0 Å². The lowest BCUT2D eigenvalue weighted by Gasteiger charge is -2.30. The third kappa shape index (κ3) is 3.82. The molecule has 11 nitrogen and oxygen atoms in total. The van der Waals surface area contributed by atoms with Crippen LogP contribution in [0.2, 0.25) is 0 Å². The van der Waals surface area contributed by atoms with Crippen molar-refractivity contribution < 1.29 is 33.9 Å². The number of nitro benzene ring substituents is 1. The van der Waals surface area contributed by atoms with Gasteiger partial charge in [-0.2, -0.15) is 0 Å². The van der Waals surface area contributed by atoms with Crippen molar-refractivity contribution in [2.24, 2.45) is 11.8 Å². The molecule has 0 spiro atoms. The van der Waals surface area contributed by atoms with Gasteiger partial charge in [0.1, 0.15) is 11.3 Å². The molecule has 2 fully saturated rings. The van der Waals surface area contributed by atoms with Crippen LogP contribution in [0.25, 0.3) is 0 Å². The van der Waals surface area contributed by atoms with Crippen LogP contribution in [-0.2, 0) is 25.6 Å². The zero-order valence-electron chi connectivity index (χ0n) is 17.3. The molecular weight excluding hydrogens is 434 g/mol. The summed E-state index contributed by atoms with van der Waals surface area (Å²) in [4.78, 5) is 59.4. The molecule has 2 amide bonds. The number of amides is 2. The van der Waals surface area contributed by atoms with Crippen molar-refractivity contribution in [1.29, 1.82) is 0 Å². The monoisotopic (exact) mass is 453 g/mol. The van der Waals surface area contributed by atoms with Gasteiger partial charge in [-0.1, -0.05) is 24.3 Å². The Hall–Kier alpha value is -4.12. The molecule has 2 saturated heterocycles. The van der Waals surface area contributed by atoms with Gasteiger partial charge in [-0.15, -0.1) is 0 Å². The number of carboxylic acid groups (broad SMARTS) is 1. The maximum Gasteiger partial charge on any atom is 0.325 e. The number of non-ortho nitro benzene ring substituents is 1. The molecule has 170 valence electrons. The van der Waals surface area contributed by atoms with Gasteiger partial charge in [0.05, 0.1) is 16.8 Å². The van der Waals surface area contributed by atoms with Crippen LogP contribution in [0.1, 0.15) is 24.1 Å². The first-order valence-electron chi connectivity index (χ1n) is 10.00. The topological polar surface area (TPSA) is 165 Å². The molecule has 4 atom stereocenters. The largest absolute Gasteiger partial charge is 0.480 e. The van der Waals surface area contributed by atoms with E-state index in [0.717, 1.165) is 0 Å². The van der Waals surface area contributed by atoms with E-state index in [9.17, 15) is 34.4 Å². The summed E-state index contributed by atoms with van der Waals surface area (Å²) in [6.45, 7) is 1.25. The van der Waals surface area contributed by atoms with E-state index in [0.29, 0.717) is 11.1 Å². The third-order valence-electron chi connectivity index (χ3n) is 6.01. The van der Waals surface area contributed by atoms with Crippen molar-refractivity contribution in [2.45, 2.75) is 24.9 Å². The van der Waals surface area contributed by atoms with E-state index in [1.165, 1.54) is 43.3 Å². The Balaban J connectivity index is 1.72. The third-order valence-corrected chi connectivity index (χ3v) is 6.01. The molecule has 2 aromatic carbocycles. The summed E-state index contributed by atoms with van der Waals surface area (Å²) in [5.41, 5.74) is -0.985. The summed E-state index contributed by atoms with van der Waals surface area (Å²) in [6, 6.07) is 10.8. The summed E-state index contributed by atoms with van der Waals surface area (Å²) in [6.07, 6.45) is -0.176. The fourth-order valence-electron chi connectivity index (χ4n) is 4.62. The quantitative estimate of drug-likeness (QED) is 0.191. The average molecular weight is 453 g/mol. The molecule has 0 aliphatic carbocycles. The van der Waals surface area contributed by atoms with Crippen molar-refractivity contribution in [2.75, 3.05) is 0 Å². The number of esters is 1. The van der Waals surface area contributed by atoms with E-state index in [-0.39, 0.29) is 17.9 Å². The number of hydrogen-bond donors (Lipinski definition) is 3. The second-order valence-corrected chi connectivity index (χ2v) is 8.02. The van der Waals surface area contributed by atoms with Crippen molar-refractivity contribution >= 4 is 29.4 Å². The molecule has 0 radical (unpaired) electrons. The zero-order chi connectivity index (χ0) is 23.9. The van der Waals surface area contributed by atoms with E-state index in [2.05, 4.69) is 10.6 Å². The number of carbonyl (C=O) groups excluding carboxylic acids is 3. The Labute approximate surface area is 186 Å². The van der Waals surface area contributed by atoms with Crippen LogP contribution in [0.3, 0.4) is 0 Å². The smallest absolute Gasteiger partial charge is 0.325 e. The number of nitro groups is 1. The number of fused-ring (bicyclic) bond motifs is 1. The first kappa shape index (κ1) is 22.1. The van der Waals surface area contributed by atoms with Gasteiger partial charge < -0.3 is 9.84 Å². The minimum atomic E-state index is -1.82. The Kier molecular flexibility index (Phi) is 5.42. The van der Waals surface area contributed by atoms with Crippen LogP contribution in [-0.4, -0.2) is 39.3 Å². The van der Waals surface area contributed by atoms with Crippen LogP contribution in [0, 0.1) is 22.0 Å². The molecule has 3 N–H and O–H groups in total. The van der Waals surface area contributed by atoms with Crippen LogP contribution < -0.4 is 15.4 Å². The highest BCUT2D eigenvalue weighted by Gasteiger charge is 2.66. The number of hydrogen-bond acceptors (Lipinski definition) is 8. The SMILES string of the molecule is CC(=O)Oc1ccc(C2NC(Cc3ccc([N+](=O)[O-])cc3)(C(=O)O)C3C(=O)NC(=O)C23)cc1. The highest BCUT2D eigenvalue weighted by molar-refractivity contribution is 6.09. The molecule has 0 saturated carbocycles. The van der Waals surface area contributed by atoms with E-state index in [1.807, 2.05) is 0 Å². The van der Waals surface area contributed by atoms with Crippen molar-refractivity contribution in [3.8, 4) is 5.75 Å². The fourth-order valence-corrected chi connectivity index (χ4v) is 4.62. The van der Waals surface area contributed by atoms with Gasteiger partial charge in [0.15, 0.2) is 0 Å². The summed E-state index contributed by atoms with van der Waals surface area (Å²) >= 11 is 0. The number of rotatable bonds is 6. The molecule has 0 aromatic heterocycles. The predicted octanol–water partition coefficient (Wildman–Crippen LogP) is 1.12. The molecule has 2 heterocycles. The molecule has 2 aliphatic heterocycles. The number of imide groups is 1. The Morgan fingerprint density at radius 2 is 1.73 bits per heavy atom. The van der Waals surface area contributed by atoms with Gasteiger partial charge in [-0.05, 0) is 23.3 Å². The van der Waals surface area contributed by atoms with Crippen LogP contribution in [0.4, 0.5) is 5.69 Å². The highest BCUT2D eigenvalue weighted by Crippen LogP contribution is 2.47. The van der Waals surface area contributed by atoms with Gasteiger partial charge >= 0.3 is 11.9 Å². The Morgan fingerprint density at radius 1 is 1.09 bits per heavy atom. The lowest BCUT2D eigenvalue weighted by atomic mass is 9.76. The second-order valence-electron chi connectivity index (χ2n) is 8.02. The normalized spacial score (nSPS) is 25.9. The van der Waals surface area contributed by atoms with Gasteiger partial charge in [-0.3, -0.25) is 39.9 Å². The van der Waals surface area contributed by atoms with Gasteiger partial charge in [0, 0.05) is 31.5 Å². The molecule has 4 rings (SSSR count). The first-order valence-corrected chi connectivity index (χ1v) is 10.00. The number of carbonyl (C=O) groups is 4. The summed E-state index contributed by atoms with van der Waals surface area (Å²) in [5, 5.41) is 26.4. The lowest BCUT2D eigenvalue weighted by molar-refractivity contribution is -0.384. The standard InChI is InChI=1S/C22H19N3O8/c1-11(26)33-15-8-4-13(5-9-15)18-16-17(20(28)23-19(16)27)22(24-18,21(29)30)10-12-2-6-14(7-3-12)25(31)32/h2-9,16-18,24H,10H2,1H3,(H,29,30)(H,23,27,28). The predicted molar refractivity (Wildman–Crippen MR) is 111 cm³/mol. The molecular formula is C22H19N3O8. The number of aliphatic carboxylic acids is 1. The summed E-state index contributed by atoms with van der Waals surface area (Å²) in [7, 11) is 0. The van der Waals surface area contributed by atoms with Gasteiger partial charge in [-0.25, -0.2) is 0 Å². The number of ether oxygens (including phenoxy) is 1. The second kappa shape index (κ2) is 8.10. The molecule has 0 bridgehead atoms. The lowest BCUT2D eigenvalue weighted by Crippen LogP contribution is -2.57. The summed E-state index contributed by atoms with van der Waals surface area (Å²) < 4.78 is 5.01. The first-order chi connectivity index (χ1) is 15.6. The van der Waals surface area contributed by atoms with E-state index in [4.69, 9.17) is 4.74 Å². The minimum absolute atomic E-state index is 0.153. The number of nitrogens with one attached hydrogen (secondary N) is 2. The highest BCUT2D eigenvalue weighted by atomic mass is 16.6. The number of nitrogens with zero attached hydrogens (tertiary/aromatic N) is 1. The Bertz CT molecular complexity index is 1160. The van der Waals surface area contributed by atoms with E-state index in [1.54, 1.807) is 12.1 Å². The van der Waals surface area contributed by atoms with Gasteiger partial charge in [0.25, 0.3) is 5.69 Å². The van der Waals surface area contributed by atoms with Gasteiger partial charge in [0.2, 0.25) is 11.8 Å². The van der Waals surface area contributed by atoms with Crippen molar-refractivity contribution in [3.63, 3.8) is 0 Å². The van der Waals surface area contributed by atoms with Crippen LogP contribution >= 0.6 is 0 Å².